The number of anilines is 3. The predicted octanol–water partition coefficient (Wildman–Crippen LogP) is 4.76. The average Bonchev–Trinajstić information content (AvgIpc) is 2.74. The van der Waals surface area contributed by atoms with Gasteiger partial charge in [-0.2, -0.15) is 0 Å². The molecule has 2 amide bonds. The van der Waals surface area contributed by atoms with Crippen LogP contribution in [0.15, 0.2) is 72.8 Å². The van der Waals surface area contributed by atoms with Crippen LogP contribution in [0.3, 0.4) is 0 Å². The number of benzene rings is 3. The fourth-order valence-electron chi connectivity index (χ4n) is 3.03. The zero-order valence-corrected chi connectivity index (χ0v) is 17.2. The molecule has 154 valence electrons. The fourth-order valence-corrected chi connectivity index (χ4v) is 3.03. The van der Waals surface area contributed by atoms with E-state index < -0.39 is 6.04 Å². The molecule has 0 aromatic heterocycles. The molecule has 6 nitrogen and oxygen atoms in total. The van der Waals surface area contributed by atoms with Gasteiger partial charge in [-0.25, -0.2) is 0 Å². The summed E-state index contributed by atoms with van der Waals surface area (Å²) >= 11 is 0. The van der Waals surface area contributed by atoms with Gasteiger partial charge in [0.2, 0.25) is 11.8 Å². The highest BCUT2D eigenvalue weighted by atomic mass is 16.5. The number of hydrogen-bond acceptors (Lipinski definition) is 4. The van der Waals surface area contributed by atoms with Crippen LogP contribution in [0.2, 0.25) is 0 Å². The van der Waals surface area contributed by atoms with Crippen LogP contribution in [-0.2, 0) is 9.59 Å². The van der Waals surface area contributed by atoms with Crippen molar-refractivity contribution in [2.45, 2.75) is 19.9 Å². The van der Waals surface area contributed by atoms with Crippen molar-refractivity contribution in [3.63, 3.8) is 0 Å². The van der Waals surface area contributed by atoms with Crippen molar-refractivity contribution in [2.24, 2.45) is 0 Å². The Morgan fingerprint density at radius 2 is 1.47 bits per heavy atom. The molecule has 6 heteroatoms. The molecule has 3 rings (SSSR count). The molecule has 30 heavy (non-hydrogen) atoms. The molecule has 1 atom stereocenters. The number of hydrogen-bond donors (Lipinski definition) is 3. The van der Waals surface area contributed by atoms with Gasteiger partial charge in [-0.15, -0.1) is 0 Å². The molecule has 3 N–H and O–H groups in total. The first-order valence-electron chi connectivity index (χ1n) is 9.65. The van der Waals surface area contributed by atoms with Gasteiger partial charge in [-0.1, -0.05) is 42.5 Å². The third-order valence-corrected chi connectivity index (χ3v) is 4.55. The second kappa shape index (κ2) is 9.60. The van der Waals surface area contributed by atoms with Gasteiger partial charge in [-0.3, -0.25) is 9.59 Å². The summed E-state index contributed by atoms with van der Waals surface area (Å²) < 4.78 is 5.31. The summed E-state index contributed by atoms with van der Waals surface area (Å²) in [5, 5.41) is 8.75. The smallest absolute Gasteiger partial charge is 0.246 e. The van der Waals surface area contributed by atoms with E-state index in [2.05, 4.69) is 28.1 Å². The highest BCUT2D eigenvalue weighted by Crippen LogP contribution is 2.28. The quantitative estimate of drug-likeness (QED) is 0.531. The molecule has 3 aromatic rings. The number of rotatable bonds is 7. The van der Waals surface area contributed by atoms with Crippen LogP contribution < -0.4 is 20.7 Å². The third kappa shape index (κ3) is 5.38. The summed E-state index contributed by atoms with van der Waals surface area (Å²) in [5.41, 5.74) is 4.16. The Labute approximate surface area is 176 Å². The Bertz CT molecular complexity index is 1020. The number of nitrogens with one attached hydrogen (secondary N) is 3. The van der Waals surface area contributed by atoms with Gasteiger partial charge in [0, 0.05) is 18.3 Å². The minimum atomic E-state index is -0.485. The lowest BCUT2D eigenvalue weighted by Crippen LogP contribution is -2.32. The van der Waals surface area contributed by atoms with Gasteiger partial charge in [0.25, 0.3) is 0 Å². The molecule has 0 aliphatic rings. The van der Waals surface area contributed by atoms with Crippen LogP contribution in [-0.4, -0.2) is 25.0 Å². The second-order valence-electron chi connectivity index (χ2n) is 6.89. The largest absolute Gasteiger partial charge is 0.495 e. The van der Waals surface area contributed by atoms with Crippen LogP contribution >= 0.6 is 0 Å². The lowest BCUT2D eigenvalue weighted by Gasteiger charge is -2.17. The normalized spacial score (nSPS) is 11.3. The van der Waals surface area contributed by atoms with Crippen molar-refractivity contribution >= 4 is 28.9 Å². The number of methoxy groups -OCH3 is 1. The zero-order chi connectivity index (χ0) is 21.5. The highest BCUT2D eigenvalue weighted by molar-refractivity contribution is 5.98. The van der Waals surface area contributed by atoms with E-state index in [0.717, 1.165) is 16.8 Å². The molecule has 3 aromatic carbocycles. The monoisotopic (exact) mass is 403 g/mol. The van der Waals surface area contributed by atoms with Crippen molar-refractivity contribution in [2.75, 3.05) is 23.1 Å². The summed E-state index contributed by atoms with van der Waals surface area (Å²) in [7, 11) is 1.53. The van der Waals surface area contributed by atoms with Crippen LogP contribution in [0, 0.1) is 0 Å². The molecule has 0 radical (unpaired) electrons. The van der Waals surface area contributed by atoms with E-state index in [1.165, 1.54) is 14.0 Å². The summed E-state index contributed by atoms with van der Waals surface area (Å²) in [6.45, 7) is 3.21. The Morgan fingerprint density at radius 3 is 2.10 bits per heavy atom. The maximum atomic E-state index is 12.7. The van der Waals surface area contributed by atoms with Gasteiger partial charge >= 0.3 is 0 Å². The van der Waals surface area contributed by atoms with Crippen molar-refractivity contribution < 1.29 is 14.3 Å². The van der Waals surface area contributed by atoms with Crippen molar-refractivity contribution in [3.05, 3.63) is 72.8 Å². The molecular weight excluding hydrogens is 378 g/mol. The van der Waals surface area contributed by atoms with Crippen molar-refractivity contribution in [1.82, 2.24) is 0 Å². The van der Waals surface area contributed by atoms with E-state index in [9.17, 15) is 9.59 Å². The summed E-state index contributed by atoms with van der Waals surface area (Å²) in [6, 6.07) is 22.6. The molecular formula is C24H25N3O3. The van der Waals surface area contributed by atoms with Gasteiger partial charge in [0.1, 0.15) is 11.8 Å². The van der Waals surface area contributed by atoms with Crippen LogP contribution in [0.4, 0.5) is 17.1 Å². The lowest BCUT2D eigenvalue weighted by molar-refractivity contribution is -0.116. The number of amides is 2. The summed E-state index contributed by atoms with van der Waals surface area (Å²) in [6.07, 6.45) is 0. The van der Waals surface area contributed by atoms with Gasteiger partial charge in [0.05, 0.1) is 12.8 Å². The van der Waals surface area contributed by atoms with Gasteiger partial charge in [0.15, 0.2) is 0 Å². The standard InChI is InChI=1S/C24H25N3O3/c1-16(25-20-11-9-19(10-12-20)18-7-5-4-6-8-18)24(29)27-22-15-21(26-17(2)28)13-14-23(22)30-3/h4-16,25H,1-3H3,(H,26,28)(H,27,29). The second-order valence-corrected chi connectivity index (χ2v) is 6.89. The fraction of sp³-hybridized carbons (Fsp3) is 0.167. The molecule has 0 bridgehead atoms. The predicted molar refractivity (Wildman–Crippen MR) is 121 cm³/mol. The Hall–Kier alpha value is -3.80. The topological polar surface area (TPSA) is 79.5 Å². The number of carbonyl (C=O) groups is 2. The Balaban J connectivity index is 1.67. The van der Waals surface area contributed by atoms with E-state index in [0.29, 0.717) is 17.1 Å². The molecule has 0 aliphatic heterocycles. The van der Waals surface area contributed by atoms with Crippen molar-refractivity contribution in [3.8, 4) is 16.9 Å². The first-order valence-corrected chi connectivity index (χ1v) is 9.65. The van der Waals surface area contributed by atoms with Crippen LogP contribution in [0.1, 0.15) is 13.8 Å². The molecule has 0 heterocycles. The SMILES string of the molecule is COc1ccc(NC(C)=O)cc1NC(=O)C(C)Nc1ccc(-c2ccccc2)cc1. The number of carbonyl (C=O) groups excluding carboxylic acids is 2. The van der Waals surface area contributed by atoms with Crippen LogP contribution in [0.5, 0.6) is 5.75 Å². The first-order chi connectivity index (χ1) is 14.5. The third-order valence-electron chi connectivity index (χ3n) is 4.55. The minimum absolute atomic E-state index is 0.188. The zero-order valence-electron chi connectivity index (χ0n) is 17.2. The minimum Gasteiger partial charge on any atom is -0.495 e. The van der Waals surface area contributed by atoms with E-state index in [4.69, 9.17) is 4.74 Å². The molecule has 0 saturated heterocycles. The first kappa shape index (κ1) is 20.9. The Kier molecular flexibility index (Phi) is 6.70. The maximum Gasteiger partial charge on any atom is 0.246 e. The van der Waals surface area contributed by atoms with Gasteiger partial charge in [-0.05, 0) is 48.4 Å². The molecule has 0 fully saturated rings. The molecule has 0 saturated carbocycles. The van der Waals surface area contributed by atoms with E-state index in [-0.39, 0.29) is 11.8 Å². The lowest BCUT2D eigenvalue weighted by atomic mass is 10.1. The maximum absolute atomic E-state index is 12.7. The number of ether oxygens (including phenoxy) is 1. The van der Waals surface area contributed by atoms with Gasteiger partial charge < -0.3 is 20.7 Å². The van der Waals surface area contributed by atoms with Crippen LogP contribution in [0.25, 0.3) is 11.1 Å². The summed E-state index contributed by atoms with van der Waals surface area (Å²) in [5.74, 6) is 0.101. The van der Waals surface area contributed by atoms with E-state index in [1.807, 2.05) is 42.5 Å². The molecule has 0 spiro atoms. The Morgan fingerprint density at radius 1 is 0.833 bits per heavy atom. The summed E-state index contributed by atoms with van der Waals surface area (Å²) in [4.78, 5) is 24.0. The molecule has 0 aliphatic carbocycles. The molecule has 1 unspecified atom stereocenters. The highest BCUT2D eigenvalue weighted by Gasteiger charge is 2.16. The van der Waals surface area contributed by atoms with E-state index >= 15 is 0 Å². The van der Waals surface area contributed by atoms with E-state index in [1.54, 1.807) is 25.1 Å². The average molecular weight is 403 g/mol. The van der Waals surface area contributed by atoms with Crippen molar-refractivity contribution in [1.29, 1.82) is 0 Å².